The van der Waals surface area contributed by atoms with Crippen molar-refractivity contribution in [1.82, 2.24) is 10.6 Å². The first-order valence-corrected chi connectivity index (χ1v) is 7.67. The smallest absolute Gasteiger partial charge is 0.243 e. The third-order valence-electron chi connectivity index (χ3n) is 3.32. The molecule has 0 saturated carbocycles. The van der Waals surface area contributed by atoms with E-state index in [0.29, 0.717) is 19.3 Å². The monoisotopic (exact) mass is 401 g/mol. The molecule has 1 aliphatic heterocycles. The Hall–Kier alpha value is -1.64. The molecule has 1 aromatic rings. The second-order valence-electron chi connectivity index (χ2n) is 4.95. The van der Waals surface area contributed by atoms with E-state index in [2.05, 4.69) is 33.2 Å². The van der Waals surface area contributed by atoms with Crippen LogP contribution < -0.4 is 16.4 Å². The van der Waals surface area contributed by atoms with Crippen molar-refractivity contribution in [3.8, 4) is 0 Å². The van der Waals surface area contributed by atoms with Crippen LogP contribution in [0.5, 0.6) is 0 Å². The maximum Gasteiger partial charge on any atom is 0.243 e. The number of amides is 3. The number of carbonyl (C=O) groups is 3. The van der Waals surface area contributed by atoms with Gasteiger partial charge in [-0.25, -0.2) is 0 Å². The van der Waals surface area contributed by atoms with E-state index in [0.717, 1.165) is 9.13 Å². The Kier molecular flexibility index (Phi) is 5.16. The minimum absolute atomic E-state index is 0.150. The van der Waals surface area contributed by atoms with E-state index in [-0.39, 0.29) is 11.8 Å². The first kappa shape index (κ1) is 15.7. The predicted octanol–water partition coefficient (Wildman–Crippen LogP) is 0.0824. The Labute approximate surface area is 136 Å². The molecule has 0 bridgehead atoms. The van der Waals surface area contributed by atoms with E-state index >= 15 is 0 Å². The summed E-state index contributed by atoms with van der Waals surface area (Å²) in [6, 6.07) is 6.27. The second kappa shape index (κ2) is 6.88. The van der Waals surface area contributed by atoms with Gasteiger partial charge in [0.05, 0.1) is 0 Å². The Morgan fingerprint density at radius 2 is 2.05 bits per heavy atom. The van der Waals surface area contributed by atoms with E-state index in [4.69, 9.17) is 5.73 Å². The molecule has 112 valence electrons. The highest BCUT2D eigenvalue weighted by Gasteiger charge is 2.29. The summed E-state index contributed by atoms with van der Waals surface area (Å²) >= 11 is 2.19. The molecule has 2 atom stereocenters. The minimum atomic E-state index is -0.782. The number of halogens is 1. The van der Waals surface area contributed by atoms with Crippen LogP contribution in [-0.2, 0) is 20.8 Å². The van der Waals surface area contributed by atoms with Gasteiger partial charge in [-0.2, -0.15) is 0 Å². The third-order valence-corrected chi connectivity index (χ3v) is 4.04. The van der Waals surface area contributed by atoms with E-state index < -0.39 is 18.0 Å². The second-order valence-corrected chi connectivity index (χ2v) is 6.20. The number of carbonyl (C=O) groups excluding carboxylic acids is 3. The van der Waals surface area contributed by atoms with Crippen LogP contribution in [0.3, 0.4) is 0 Å². The molecular formula is C14H16IN3O3. The molecule has 1 heterocycles. The fourth-order valence-electron chi connectivity index (χ4n) is 2.16. The number of benzene rings is 1. The molecule has 0 spiro atoms. The number of hydrogen-bond acceptors (Lipinski definition) is 3. The zero-order valence-electron chi connectivity index (χ0n) is 11.3. The fourth-order valence-corrected chi connectivity index (χ4v) is 2.52. The molecule has 0 unspecified atom stereocenters. The van der Waals surface area contributed by atoms with E-state index in [1.807, 2.05) is 24.3 Å². The lowest BCUT2D eigenvalue weighted by molar-refractivity contribution is -0.129. The van der Waals surface area contributed by atoms with Gasteiger partial charge in [0.25, 0.3) is 0 Å². The number of rotatable bonds is 5. The third kappa shape index (κ3) is 4.42. The summed E-state index contributed by atoms with van der Waals surface area (Å²) in [5.41, 5.74) is 6.26. The summed E-state index contributed by atoms with van der Waals surface area (Å²) in [4.78, 5) is 34.6. The molecule has 0 radical (unpaired) electrons. The van der Waals surface area contributed by atoms with Crippen LogP contribution in [0.4, 0.5) is 0 Å². The van der Waals surface area contributed by atoms with Crippen molar-refractivity contribution in [2.24, 2.45) is 5.73 Å². The molecule has 2 rings (SSSR count). The lowest BCUT2D eigenvalue weighted by Gasteiger charge is -2.18. The van der Waals surface area contributed by atoms with Gasteiger partial charge in [0.1, 0.15) is 12.1 Å². The van der Waals surface area contributed by atoms with Crippen molar-refractivity contribution < 1.29 is 14.4 Å². The van der Waals surface area contributed by atoms with Gasteiger partial charge in [0.15, 0.2) is 0 Å². The maximum atomic E-state index is 12.0. The van der Waals surface area contributed by atoms with Crippen molar-refractivity contribution >= 4 is 40.3 Å². The van der Waals surface area contributed by atoms with E-state index in [1.54, 1.807) is 0 Å². The lowest BCUT2D eigenvalue weighted by Crippen LogP contribution is -2.51. The summed E-state index contributed by atoms with van der Waals surface area (Å²) in [7, 11) is 0. The van der Waals surface area contributed by atoms with Crippen molar-refractivity contribution in [2.75, 3.05) is 0 Å². The molecule has 3 amide bonds. The SMILES string of the molecule is NC(=O)[C@H](Cc1ccc(I)cc1)NC(=O)[C@H]1CCC(=O)N1. The van der Waals surface area contributed by atoms with Gasteiger partial charge in [-0.1, -0.05) is 12.1 Å². The van der Waals surface area contributed by atoms with Gasteiger partial charge in [-0.3, -0.25) is 14.4 Å². The predicted molar refractivity (Wildman–Crippen MR) is 85.2 cm³/mol. The van der Waals surface area contributed by atoms with Crippen molar-refractivity contribution in [2.45, 2.75) is 31.3 Å². The molecule has 7 heteroatoms. The van der Waals surface area contributed by atoms with Crippen LogP contribution in [0.2, 0.25) is 0 Å². The summed E-state index contributed by atoms with van der Waals surface area (Å²) in [5.74, 6) is -1.11. The lowest BCUT2D eigenvalue weighted by atomic mass is 10.0. The highest BCUT2D eigenvalue weighted by atomic mass is 127. The molecule has 0 aliphatic carbocycles. The molecule has 0 aromatic heterocycles. The Bertz CT molecular complexity index is 559. The molecular weight excluding hydrogens is 385 g/mol. The standard InChI is InChI=1S/C14H16IN3O3/c15-9-3-1-8(2-4-9)7-11(13(16)20)18-14(21)10-5-6-12(19)17-10/h1-4,10-11H,5-7H2,(H2,16,20)(H,17,19)(H,18,21)/t10-,11+/m1/s1. The van der Waals surface area contributed by atoms with Crippen LogP contribution in [0.25, 0.3) is 0 Å². The van der Waals surface area contributed by atoms with Crippen LogP contribution in [0.15, 0.2) is 24.3 Å². The van der Waals surface area contributed by atoms with Gasteiger partial charge >= 0.3 is 0 Å². The molecule has 21 heavy (non-hydrogen) atoms. The first-order chi connectivity index (χ1) is 9.95. The molecule has 1 saturated heterocycles. The van der Waals surface area contributed by atoms with Crippen molar-refractivity contribution in [3.63, 3.8) is 0 Å². The number of primary amides is 1. The zero-order valence-corrected chi connectivity index (χ0v) is 13.4. The molecule has 1 aromatic carbocycles. The van der Waals surface area contributed by atoms with E-state index in [9.17, 15) is 14.4 Å². The van der Waals surface area contributed by atoms with Gasteiger partial charge in [0, 0.05) is 16.4 Å². The Balaban J connectivity index is 1.99. The fraction of sp³-hybridized carbons (Fsp3) is 0.357. The summed E-state index contributed by atoms with van der Waals surface area (Å²) in [5, 5.41) is 5.18. The van der Waals surface area contributed by atoms with Crippen LogP contribution in [0.1, 0.15) is 18.4 Å². The number of hydrogen-bond donors (Lipinski definition) is 3. The number of nitrogens with one attached hydrogen (secondary N) is 2. The molecule has 4 N–H and O–H groups in total. The summed E-state index contributed by atoms with van der Waals surface area (Å²) in [6.45, 7) is 0. The van der Waals surface area contributed by atoms with Crippen LogP contribution in [-0.4, -0.2) is 29.8 Å². The highest BCUT2D eigenvalue weighted by Crippen LogP contribution is 2.10. The van der Waals surface area contributed by atoms with Crippen LogP contribution >= 0.6 is 22.6 Å². The average molecular weight is 401 g/mol. The Morgan fingerprint density at radius 1 is 1.38 bits per heavy atom. The summed E-state index contributed by atoms with van der Waals surface area (Å²) < 4.78 is 1.09. The van der Waals surface area contributed by atoms with Crippen molar-refractivity contribution in [3.05, 3.63) is 33.4 Å². The van der Waals surface area contributed by atoms with Gasteiger partial charge < -0.3 is 16.4 Å². The summed E-state index contributed by atoms with van der Waals surface area (Å²) in [6.07, 6.45) is 1.11. The topological polar surface area (TPSA) is 101 Å². The maximum absolute atomic E-state index is 12.0. The average Bonchev–Trinajstić information content (AvgIpc) is 2.87. The number of nitrogens with two attached hydrogens (primary N) is 1. The molecule has 6 nitrogen and oxygen atoms in total. The Morgan fingerprint density at radius 3 is 2.57 bits per heavy atom. The van der Waals surface area contributed by atoms with E-state index in [1.165, 1.54) is 0 Å². The molecule has 1 fully saturated rings. The quantitative estimate of drug-likeness (QED) is 0.610. The van der Waals surface area contributed by atoms with Crippen molar-refractivity contribution in [1.29, 1.82) is 0 Å². The zero-order chi connectivity index (χ0) is 15.4. The minimum Gasteiger partial charge on any atom is -0.368 e. The normalized spacial score (nSPS) is 18.9. The van der Waals surface area contributed by atoms with Gasteiger partial charge in [-0.15, -0.1) is 0 Å². The van der Waals surface area contributed by atoms with Gasteiger partial charge in [-0.05, 0) is 46.7 Å². The highest BCUT2D eigenvalue weighted by molar-refractivity contribution is 14.1. The first-order valence-electron chi connectivity index (χ1n) is 6.59. The largest absolute Gasteiger partial charge is 0.368 e. The van der Waals surface area contributed by atoms with Crippen LogP contribution in [0, 0.1) is 3.57 Å². The molecule has 1 aliphatic rings. The van der Waals surface area contributed by atoms with Gasteiger partial charge in [0.2, 0.25) is 17.7 Å².